The molecule has 3 heteroatoms. The summed E-state index contributed by atoms with van der Waals surface area (Å²) in [6, 6.07) is 28.8. The van der Waals surface area contributed by atoms with E-state index < -0.39 is 20.3 Å². The van der Waals surface area contributed by atoms with E-state index in [2.05, 4.69) is 126 Å². The van der Waals surface area contributed by atoms with Gasteiger partial charge >= 0.3 is 279 Å². The fourth-order valence-corrected chi connectivity index (χ4v) is 26.7. The molecule has 0 amide bonds. The first kappa shape index (κ1) is 36.1. The van der Waals surface area contributed by atoms with E-state index in [1.54, 1.807) is 33.4 Å². The summed E-state index contributed by atoms with van der Waals surface area (Å²) in [7, 11) is 0. The minimum Gasteiger partial charge on any atom is -1.00 e. The molecule has 0 spiro atoms. The van der Waals surface area contributed by atoms with Crippen molar-refractivity contribution in [1.29, 1.82) is 0 Å². The second kappa shape index (κ2) is 14.7. The van der Waals surface area contributed by atoms with Crippen LogP contribution in [0.2, 0.25) is 8.26 Å². The number of unbranched alkanes of at least 4 members (excludes halogenated alkanes) is 2. The van der Waals surface area contributed by atoms with Crippen molar-refractivity contribution in [2.45, 2.75) is 95.6 Å². The number of halogens is 2. The van der Waals surface area contributed by atoms with E-state index in [9.17, 15) is 0 Å². The van der Waals surface area contributed by atoms with E-state index in [4.69, 9.17) is 0 Å². The Hall–Kier alpha value is -2.18. The zero-order chi connectivity index (χ0) is 31.3. The molecule has 1 aliphatic heterocycles. The van der Waals surface area contributed by atoms with Crippen LogP contribution in [0.3, 0.4) is 0 Å². The maximum absolute atomic E-state index is 2.77. The first-order valence-corrected chi connectivity index (χ1v) is 24.0. The summed E-state index contributed by atoms with van der Waals surface area (Å²) in [5.74, 6) is 0. The number of fused-ring (bicyclic) bond motifs is 2. The zero-order valence-corrected chi connectivity index (χ0v) is 33.1. The van der Waals surface area contributed by atoms with Gasteiger partial charge < -0.3 is 24.8 Å². The third-order valence-electron chi connectivity index (χ3n) is 11.0. The van der Waals surface area contributed by atoms with E-state index >= 15 is 0 Å². The molecule has 0 radical (unpaired) electrons. The number of allylic oxidation sites excluding steroid dienone is 2. The van der Waals surface area contributed by atoms with E-state index in [1.807, 2.05) is 0 Å². The van der Waals surface area contributed by atoms with Gasteiger partial charge in [0.25, 0.3) is 0 Å². The summed E-state index contributed by atoms with van der Waals surface area (Å²) in [5.41, 5.74) is 21.1. The van der Waals surface area contributed by atoms with Crippen molar-refractivity contribution in [3.05, 3.63) is 128 Å². The number of benzene rings is 4. The summed E-state index contributed by atoms with van der Waals surface area (Å²) in [5, 5.41) is 0. The summed E-state index contributed by atoms with van der Waals surface area (Å²) in [4.78, 5) is 0. The number of hydrogen-bond acceptors (Lipinski definition) is 0. The number of rotatable bonds is 10. The van der Waals surface area contributed by atoms with Crippen molar-refractivity contribution in [1.82, 2.24) is 0 Å². The van der Waals surface area contributed by atoms with Crippen LogP contribution >= 0.6 is 0 Å². The Morgan fingerprint density at radius 2 is 0.936 bits per heavy atom. The molecule has 4 aromatic rings. The minimum atomic E-state index is -2.77. The smallest absolute Gasteiger partial charge is 1.00 e. The predicted molar refractivity (Wildman–Crippen MR) is 193 cm³/mol. The van der Waals surface area contributed by atoms with Gasteiger partial charge in [-0.3, -0.25) is 0 Å². The molecule has 47 heavy (non-hydrogen) atoms. The average molecular weight is 741 g/mol. The first-order valence-electron chi connectivity index (χ1n) is 17.7. The normalized spacial score (nSPS) is 17.7. The molecule has 2 unspecified atom stereocenters. The van der Waals surface area contributed by atoms with Crippen molar-refractivity contribution in [2.24, 2.45) is 0 Å². The zero-order valence-electron chi connectivity index (χ0n) is 29.2. The van der Waals surface area contributed by atoms with Crippen LogP contribution in [0.5, 0.6) is 0 Å². The topological polar surface area (TPSA) is 0 Å². The maximum atomic E-state index is 2.69. The molecular weight excluding hydrogens is 691 g/mol. The van der Waals surface area contributed by atoms with Gasteiger partial charge in [0.2, 0.25) is 0 Å². The Balaban J connectivity index is 0.00000217. The summed E-state index contributed by atoms with van der Waals surface area (Å²) >= 11 is -2.77. The van der Waals surface area contributed by atoms with Gasteiger partial charge in [0.05, 0.1) is 0 Å². The van der Waals surface area contributed by atoms with Crippen LogP contribution in [0.4, 0.5) is 0 Å². The van der Waals surface area contributed by atoms with Crippen LogP contribution in [-0.4, -0.2) is 0 Å². The Bertz CT molecular complexity index is 1670. The molecule has 2 aliphatic carbocycles. The van der Waals surface area contributed by atoms with Gasteiger partial charge in [-0.05, 0) is 0 Å². The Kier molecular flexibility index (Phi) is 11.3. The standard InChI is InChI=1S/2C21H23.C2H4.2ClH.Zr/c2*1-4-5-7-17-13-18-8-6-9-20(21(18)14-17)19-11-15(2)10-16(3)12-19;1-2;;;/h2*6,8-14H,4-5,7H2,1-3H3;1-2H2;2*1H;/q;;;;;+2/p-2. The summed E-state index contributed by atoms with van der Waals surface area (Å²) < 4.78 is 4.46. The molecule has 0 N–H and O–H groups in total. The molecule has 0 aromatic heterocycles. The molecule has 4 aromatic carbocycles. The molecule has 1 fully saturated rings. The molecule has 2 atom stereocenters. The molecule has 1 saturated heterocycles. The van der Waals surface area contributed by atoms with Gasteiger partial charge in [-0.15, -0.1) is 0 Å². The first-order chi connectivity index (χ1) is 21.8. The fourth-order valence-electron chi connectivity index (χ4n) is 9.13. The predicted octanol–water partition coefficient (Wildman–Crippen LogP) is 7.22. The Morgan fingerprint density at radius 1 is 0.553 bits per heavy atom. The molecule has 3 aliphatic rings. The van der Waals surface area contributed by atoms with Gasteiger partial charge in [0.15, 0.2) is 0 Å². The monoisotopic (exact) mass is 738 g/mol. The van der Waals surface area contributed by atoms with E-state index in [0.717, 1.165) is 0 Å². The van der Waals surface area contributed by atoms with Gasteiger partial charge in [-0.1, -0.05) is 0 Å². The van der Waals surface area contributed by atoms with Gasteiger partial charge in [0.1, 0.15) is 0 Å². The van der Waals surface area contributed by atoms with Crippen LogP contribution in [0.15, 0.2) is 83.9 Å². The second-order valence-corrected chi connectivity index (χ2v) is 26.0. The van der Waals surface area contributed by atoms with Gasteiger partial charge in [-0.25, -0.2) is 0 Å². The van der Waals surface area contributed by atoms with Crippen LogP contribution < -0.4 is 24.8 Å². The Labute approximate surface area is 301 Å². The Morgan fingerprint density at radius 3 is 1.28 bits per heavy atom. The van der Waals surface area contributed by atoms with Crippen molar-refractivity contribution in [2.75, 3.05) is 0 Å². The fraction of sp³-hybridized carbons (Fsp3) is 0.364. The molecule has 7 rings (SSSR count). The molecule has 0 nitrogen and oxygen atoms in total. The van der Waals surface area contributed by atoms with E-state index in [1.165, 1.54) is 91.3 Å². The van der Waals surface area contributed by atoms with Crippen molar-refractivity contribution < 1.29 is 45.1 Å². The largest absolute Gasteiger partial charge is 1.00 e. The number of aryl methyl sites for hydroxylation is 4. The number of hydrogen-bond donors (Lipinski definition) is 0. The SMILES string of the molecule is CCCCC1=Cc2c(-c3cc(C)cc(C)c3)cccc2[CH]1[Zr+2]1([CH]2C(CCCC)=Cc3c(-c4cc(C)cc(C)c4)cccc32)[CH2][CH2]1.[Cl-].[Cl-]. The summed E-state index contributed by atoms with van der Waals surface area (Å²) in [6.45, 7) is 13.7. The summed E-state index contributed by atoms with van der Waals surface area (Å²) in [6.07, 6.45) is 13.0. The quantitative estimate of drug-likeness (QED) is 0.161. The van der Waals surface area contributed by atoms with Crippen LogP contribution in [0.1, 0.15) is 104 Å². The van der Waals surface area contributed by atoms with E-state index in [0.29, 0.717) is 7.25 Å². The molecule has 0 saturated carbocycles. The third kappa shape index (κ3) is 6.72. The van der Waals surface area contributed by atoms with Gasteiger partial charge in [0, 0.05) is 0 Å². The molecular formula is C44H50Cl2Zr. The van der Waals surface area contributed by atoms with Crippen molar-refractivity contribution in [3.63, 3.8) is 0 Å². The molecule has 0 bridgehead atoms. The van der Waals surface area contributed by atoms with Crippen molar-refractivity contribution >= 4 is 12.2 Å². The minimum absolute atomic E-state index is 0. The molecule has 1 heterocycles. The van der Waals surface area contributed by atoms with Crippen LogP contribution in [0, 0.1) is 27.7 Å². The average Bonchev–Trinajstić information content (AvgIpc) is 3.55. The van der Waals surface area contributed by atoms with Crippen molar-refractivity contribution in [3.8, 4) is 22.3 Å². The van der Waals surface area contributed by atoms with Crippen LogP contribution in [0.25, 0.3) is 34.4 Å². The third-order valence-corrected chi connectivity index (χ3v) is 24.1. The maximum Gasteiger partial charge on any atom is -1.00 e. The van der Waals surface area contributed by atoms with E-state index in [-0.39, 0.29) is 24.8 Å². The van der Waals surface area contributed by atoms with Gasteiger partial charge in [-0.2, -0.15) is 0 Å². The molecule has 244 valence electrons. The second-order valence-electron chi connectivity index (χ2n) is 14.6. The van der Waals surface area contributed by atoms with Crippen LogP contribution in [-0.2, 0) is 20.3 Å².